The quantitative estimate of drug-likeness (QED) is 0.371. The van der Waals surface area contributed by atoms with Gasteiger partial charge in [0.25, 0.3) is 5.56 Å². The number of allylic oxidation sites excluding steroid dienone is 1. The number of anilines is 1. The van der Waals surface area contributed by atoms with Crippen LogP contribution in [0.3, 0.4) is 0 Å². The number of ketones is 1. The number of Topliss-reactive ketones (excluding diaryl/α,β-unsaturated/α-hetero) is 1. The van der Waals surface area contributed by atoms with Crippen molar-refractivity contribution in [1.82, 2.24) is 4.57 Å². The molecule has 1 amide bonds. The molecule has 34 heavy (non-hydrogen) atoms. The summed E-state index contributed by atoms with van der Waals surface area (Å²) in [6.07, 6.45) is 5.58. The summed E-state index contributed by atoms with van der Waals surface area (Å²) in [6, 6.07) is 8.39. The lowest BCUT2D eigenvalue weighted by atomic mass is 10.1. The molecule has 0 atom stereocenters. The molecule has 2 heterocycles. The number of amides is 1. The molecule has 1 aliphatic rings. The van der Waals surface area contributed by atoms with Crippen LogP contribution in [0.2, 0.25) is 5.02 Å². The number of nitrogens with zero attached hydrogens (tertiary/aromatic N) is 1. The molecule has 174 valence electrons. The number of fused-ring (bicyclic) bond motifs is 1. The smallest absolute Gasteiger partial charge is 0.261 e. The average Bonchev–Trinajstić information content (AvgIpc) is 3.16. The number of nitrogens with one attached hydrogen (secondary N) is 1. The average molecular weight is 487 g/mol. The minimum absolute atomic E-state index is 0.00707. The van der Waals surface area contributed by atoms with Crippen molar-refractivity contribution in [3.05, 3.63) is 104 Å². The van der Waals surface area contributed by atoms with Gasteiger partial charge in [-0.3, -0.25) is 14.4 Å². The molecule has 0 unspecified atom stereocenters. The highest BCUT2D eigenvalue weighted by atomic mass is 35.5. The van der Waals surface area contributed by atoms with Crippen LogP contribution < -0.4 is 10.9 Å². The summed E-state index contributed by atoms with van der Waals surface area (Å²) in [5.41, 5.74) is 1.75. The van der Waals surface area contributed by atoms with E-state index in [1.54, 1.807) is 6.08 Å². The predicted octanol–water partition coefficient (Wildman–Crippen LogP) is 5.14. The lowest BCUT2D eigenvalue weighted by Crippen LogP contribution is -2.26. The Balaban J connectivity index is 1.45. The number of carbonyl (C=O) groups excluding carboxylic acids is 2. The Morgan fingerprint density at radius 2 is 1.82 bits per heavy atom. The van der Waals surface area contributed by atoms with Crippen molar-refractivity contribution in [2.45, 2.75) is 25.8 Å². The Hall–Kier alpha value is -3.65. The first kappa shape index (κ1) is 23.5. The first-order chi connectivity index (χ1) is 16.2. The normalized spacial score (nSPS) is 12.8. The van der Waals surface area contributed by atoms with Crippen LogP contribution in [-0.2, 0) is 17.8 Å². The molecule has 0 saturated heterocycles. The van der Waals surface area contributed by atoms with Crippen LogP contribution in [0.15, 0.2) is 53.5 Å². The zero-order chi connectivity index (χ0) is 24.4. The molecule has 0 saturated carbocycles. The molecular formula is C25H18ClF3N2O3. The van der Waals surface area contributed by atoms with Gasteiger partial charge in [-0.15, -0.1) is 0 Å². The number of aromatic nitrogens is 1. The van der Waals surface area contributed by atoms with E-state index in [-0.39, 0.29) is 35.0 Å². The fourth-order valence-electron chi connectivity index (χ4n) is 3.72. The number of hydrogen-bond donors (Lipinski definition) is 1. The van der Waals surface area contributed by atoms with Crippen LogP contribution in [0.4, 0.5) is 18.9 Å². The first-order valence-electron chi connectivity index (χ1n) is 10.4. The fraction of sp³-hybridized carbons (Fsp3) is 0.160. The third-order valence-electron chi connectivity index (χ3n) is 5.36. The van der Waals surface area contributed by atoms with Gasteiger partial charge >= 0.3 is 0 Å². The van der Waals surface area contributed by atoms with Gasteiger partial charge in [0.05, 0.1) is 23.6 Å². The fourth-order valence-corrected chi connectivity index (χ4v) is 3.94. The Kier molecular flexibility index (Phi) is 6.70. The Morgan fingerprint density at radius 3 is 2.56 bits per heavy atom. The highest BCUT2D eigenvalue weighted by molar-refractivity contribution is 6.30. The molecule has 2 aromatic carbocycles. The summed E-state index contributed by atoms with van der Waals surface area (Å²) < 4.78 is 41.2. The zero-order valence-corrected chi connectivity index (χ0v) is 18.5. The monoisotopic (exact) mass is 486 g/mol. The van der Waals surface area contributed by atoms with Crippen LogP contribution in [0.5, 0.6) is 0 Å². The first-order valence-corrected chi connectivity index (χ1v) is 10.7. The molecule has 9 heteroatoms. The van der Waals surface area contributed by atoms with E-state index < -0.39 is 28.8 Å². The number of halogens is 4. The lowest BCUT2D eigenvalue weighted by molar-refractivity contribution is -0.115. The molecule has 1 aliphatic heterocycles. The van der Waals surface area contributed by atoms with E-state index in [4.69, 9.17) is 11.6 Å². The molecule has 1 N–H and O–H groups in total. The molecule has 5 nitrogen and oxygen atoms in total. The second-order valence-corrected chi connectivity index (χ2v) is 8.32. The van der Waals surface area contributed by atoms with E-state index in [1.165, 1.54) is 12.3 Å². The van der Waals surface area contributed by atoms with E-state index in [2.05, 4.69) is 5.32 Å². The highest BCUT2D eigenvalue weighted by Gasteiger charge is 2.17. The number of pyridine rings is 1. The number of hydrogen-bond acceptors (Lipinski definition) is 3. The van der Waals surface area contributed by atoms with E-state index in [0.717, 1.165) is 33.5 Å². The van der Waals surface area contributed by atoms with E-state index in [1.807, 2.05) is 24.3 Å². The maximum atomic E-state index is 13.5. The molecule has 0 radical (unpaired) electrons. The van der Waals surface area contributed by atoms with Crippen LogP contribution in [0.25, 0.3) is 6.08 Å². The molecule has 0 bridgehead atoms. The van der Waals surface area contributed by atoms with Gasteiger partial charge in [-0.2, -0.15) is 0 Å². The summed E-state index contributed by atoms with van der Waals surface area (Å²) in [5.74, 6) is -4.85. The van der Waals surface area contributed by atoms with Gasteiger partial charge in [0.2, 0.25) is 5.91 Å². The maximum absolute atomic E-state index is 13.5. The van der Waals surface area contributed by atoms with Crippen molar-refractivity contribution in [3.8, 4) is 0 Å². The zero-order valence-electron chi connectivity index (χ0n) is 17.7. The highest BCUT2D eigenvalue weighted by Crippen LogP contribution is 2.24. The van der Waals surface area contributed by atoms with Crippen LogP contribution >= 0.6 is 11.6 Å². The van der Waals surface area contributed by atoms with Gasteiger partial charge in [-0.05, 0) is 47.4 Å². The minimum Gasteiger partial charge on any atom is -0.326 e. The number of rotatable bonds is 7. The van der Waals surface area contributed by atoms with Gasteiger partial charge in [0.15, 0.2) is 23.2 Å². The summed E-state index contributed by atoms with van der Waals surface area (Å²) in [5, 5.41) is 2.87. The van der Waals surface area contributed by atoms with Crippen molar-refractivity contribution in [2.24, 2.45) is 0 Å². The molecule has 0 spiro atoms. The van der Waals surface area contributed by atoms with Gasteiger partial charge < -0.3 is 9.88 Å². The van der Waals surface area contributed by atoms with Crippen LogP contribution in [0, 0.1) is 17.5 Å². The van der Waals surface area contributed by atoms with Crippen molar-refractivity contribution in [3.63, 3.8) is 0 Å². The molecule has 0 fully saturated rings. The van der Waals surface area contributed by atoms with Crippen LogP contribution in [0.1, 0.15) is 39.9 Å². The van der Waals surface area contributed by atoms with E-state index in [9.17, 15) is 27.6 Å². The van der Waals surface area contributed by atoms with Gasteiger partial charge in [0.1, 0.15) is 0 Å². The SMILES string of the molecule is O=C1Cc2ccc(/C=C/CCC(=O)c3cc(Cl)cn(Cc4cc(F)c(F)c(F)c4)c3=O)cc2N1. The van der Waals surface area contributed by atoms with Crippen LogP contribution in [-0.4, -0.2) is 16.3 Å². The van der Waals surface area contributed by atoms with E-state index in [0.29, 0.717) is 12.8 Å². The third kappa shape index (κ3) is 5.12. The lowest BCUT2D eigenvalue weighted by Gasteiger charge is -2.10. The van der Waals surface area contributed by atoms with E-state index >= 15 is 0 Å². The summed E-state index contributed by atoms with van der Waals surface area (Å²) >= 11 is 6.05. The second kappa shape index (κ2) is 9.69. The predicted molar refractivity (Wildman–Crippen MR) is 123 cm³/mol. The topological polar surface area (TPSA) is 68.2 Å². The Labute approximate surface area is 197 Å². The van der Waals surface area contributed by atoms with Gasteiger partial charge in [-0.25, -0.2) is 13.2 Å². The van der Waals surface area contributed by atoms with Crippen molar-refractivity contribution < 1.29 is 22.8 Å². The van der Waals surface area contributed by atoms with Gasteiger partial charge in [0, 0.05) is 18.3 Å². The number of carbonyl (C=O) groups is 2. The Bertz CT molecular complexity index is 1380. The molecular weight excluding hydrogens is 469 g/mol. The maximum Gasteiger partial charge on any atom is 0.261 e. The molecule has 4 rings (SSSR count). The van der Waals surface area contributed by atoms with Crippen molar-refractivity contribution in [2.75, 3.05) is 5.32 Å². The molecule has 0 aliphatic carbocycles. The molecule has 3 aromatic rings. The van der Waals surface area contributed by atoms with Gasteiger partial charge in [-0.1, -0.05) is 35.9 Å². The largest absolute Gasteiger partial charge is 0.326 e. The Morgan fingerprint density at radius 1 is 1.09 bits per heavy atom. The summed E-state index contributed by atoms with van der Waals surface area (Å²) in [4.78, 5) is 36.9. The van der Waals surface area contributed by atoms with Crippen molar-refractivity contribution >= 4 is 35.1 Å². The number of benzene rings is 2. The third-order valence-corrected chi connectivity index (χ3v) is 5.56. The van der Waals surface area contributed by atoms with Crippen molar-refractivity contribution in [1.29, 1.82) is 0 Å². The molecule has 1 aromatic heterocycles. The second-order valence-electron chi connectivity index (χ2n) is 7.88. The summed E-state index contributed by atoms with van der Waals surface area (Å²) in [6.45, 7) is -0.289. The summed E-state index contributed by atoms with van der Waals surface area (Å²) in [7, 11) is 0. The minimum atomic E-state index is -1.60. The standard InChI is InChI=1S/C25H18ClF3N2O3/c26-17-11-18(25(34)31(13-17)12-15-7-19(27)24(29)20(28)8-15)22(32)4-2-1-3-14-5-6-16-10-23(33)30-21(16)9-14/h1,3,5-9,11,13H,2,4,10,12H2,(H,30,33)/b3-1+.